The lowest BCUT2D eigenvalue weighted by Gasteiger charge is -2.09. The smallest absolute Gasteiger partial charge is 0.435 e. The Morgan fingerprint density at radius 2 is 1.92 bits per heavy atom. The van der Waals surface area contributed by atoms with E-state index in [0.717, 1.165) is 16.4 Å². The number of benzene rings is 1. The predicted octanol–water partition coefficient (Wildman–Crippen LogP) is 2.39. The predicted molar refractivity (Wildman–Crippen MR) is 83.2 cm³/mol. The van der Waals surface area contributed by atoms with Gasteiger partial charge in [-0.15, -0.1) is 0 Å². The summed E-state index contributed by atoms with van der Waals surface area (Å²) in [5.41, 5.74) is -0.978. The molecule has 2 aromatic rings. The summed E-state index contributed by atoms with van der Waals surface area (Å²) in [5.74, 6) is -0.195. The van der Waals surface area contributed by atoms with Gasteiger partial charge in [0.25, 0.3) is 5.91 Å². The van der Waals surface area contributed by atoms with Gasteiger partial charge in [0.15, 0.2) is 5.69 Å². The number of methoxy groups -OCH3 is 1. The Labute approximate surface area is 142 Å². The third-order valence-corrected chi connectivity index (χ3v) is 3.27. The second-order valence-corrected chi connectivity index (χ2v) is 5.23. The zero-order chi connectivity index (χ0) is 18.4. The van der Waals surface area contributed by atoms with Gasteiger partial charge < -0.3 is 14.8 Å². The summed E-state index contributed by atoms with van der Waals surface area (Å²) < 4.78 is 49.9. The summed E-state index contributed by atoms with van der Waals surface area (Å²) >= 11 is 0. The van der Waals surface area contributed by atoms with E-state index in [1.165, 1.54) is 7.05 Å². The Balaban J connectivity index is 1.96. The summed E-state index contributed by atoms with van der Waals surface area (Å²) in [4.78, 5) is 12.0. The maximum atomic E-state index is 12.9. The first-order valence-electron chi connectivity index (χ1n) is 7.41. The highest BCUT2D eigenvalue weighted by molar-refractivity contribution is 5.95. The van der Waals surface area contributed by atoms with Crippen LogP contribution in [0.5, 0.6) is 5.75 Å². The van der Waals surface area contributed by atoms with Gasteiger partial charge in [0, 0.05) is 26.9 Å². The molecule has 0 saturated carbocycles. The summed E-state index contributed by atoms with van der Waals surface area (Å²) in [6, 6.07) is 6.86. The van der Waals surface area contributed by atoms with E-state index in [9.17, 15) is 18.0 Å². The van der Waals surface area contributed by atoms with Crippen LogP contribution >= 0.6 is 0 Å². The fraction of sp³-hybridized carbons (Fsp3) is 0.375. The second kappa shape index (κ2) is 8.02. The Kier molecular flexibility index (Phi) is 6.02. The van der Waals surface area contributed by atoms with Crippen molar-refractivity contribution in [2.45, 2.75) is 12.7 Å². The van der Waals surface area contributed by atoms with Gasteiger partial charge in [0.2, 0.25) is 0 Å². The van der Waals surface area contributed by atoms with Gasteiger partial charge in [0.05, 0.1) is 12.2 Å². The molecule has 25 heavy (non-hydrogen) atoms. The average Bonchev–Trinajstić information content (AvgIpc) is 2.96. The van der Waals surface area contributed by atoms with Crippen LogP contribution in [-0.4, -0.2) is 36.0 Å². The van der Waals surface area contributed by atoms with Crippen LogP contribution in [0.2, 0.25) is 0 Å². The van der Waals surface area contributed by atoms with Crippen molar-refractivity contribution < 1.29 is 27.4 Å². The van der Waals surface area contributed by atoms with E-state index >= 15 is 0 Å². The third-order valence-electron chi connectivity index (χ3n) is 3.27. The first kappa shape index (κ1) is 18.8. The molecule has 0 aliphatic heterocycles. The molecule has 6 nitrogen and oxygen atoms in total. The van der Waals surface area contributed by atoms with Crippen molar-refractivity contribution in [2.75, 3.05) is 20.3 Å². The number of nitrogens with zero attached hydrogens (tertiary/aromatic N) is 2. The fourth-order valence-corrected chi connectivity index (χ4v) is 2.09. The van der Waals surface area contributed by atoms with Crippen LogP contribution in [0.15, 0.2) is 30.5 Å². The lowest BCUT2D eigenvalue weighted by molar-refractivity contribution is -0.141. The molecule has 0 atom stereocenters. The topological polar surface area (TPSA) is 65.4 Å². The van der Waals surface area contributed by atoms with Gasteiger partial charge in [0.1, 0.15) is 12.4 Å². The van der Waals surface area contributed by atoms with E-state index < -0.39 is 23.3 Å². The Bertz CT molecular complexity index is 712. The van der Waals surface area contributed by atoms with Gasteiger partial charge in [-0.2, -0.15) is 18.3 Å². The molecule has 1 N–H and O–H groups in total. The third kappa shape index (κ3) is 5.21. The average molecular weight is 357 g/mol. The van der Waals surface area contributed by atoms with Gasteiger partial charge in [-0.1, -0.05) is 12.1 Å². The van der Waals surface area contributed by atoms with Gasteiger partial charge in [-0.05, 0) is 17.7 Å². The Morgan fingerprint density at radius 3 is 2.52 bits per heavy atom. The number of nitrogens with one attached hydrogen (secondary N) is 1. The number of ether oxygens (including phenoxy) is 2. The molecule has 1 heterocycles. The van der Waals surface area contributed by atoms with Gasteiger partial charge in [-0.25, -0.2) is 0 Å². The highest BCUT2D eigenvalue weighted by Gasteiger charge is 2.38. The van der Waals surface area contributed by atoms with Crippen LogP contribution in [0.4, 0.5) is 13.2 Å². The van der Waals surface area contributed by atoms with Crippen LogP contribution in [0.1, 0.15) is 21.6 Å². The van der Waals surface area contributed by atoms with Crippen molar-refractivity contribution in [3.8, 4) is 5.75 Å². The molecule has 0 radical (unpaired) electrons. The molecule has 136 valence electrons. The summed E-state index contributed by atoms with van der Waals surface area (Å²) in [6.07, 6.45) is -3.64. The molecule has 1 aromatic carbocycles. The van der Waals surface area contributed by atoms with E-state index in [0.29, 0.717) is 19.0 Å². The quantitative estimate of drug-likeness (QED) is 0.773. The number of alkyl halides is 3. The minimum atomic E-state index is -4.69. The minimum absolute atomic E-state index is 0.0867. The number of carbonyl (C=O) groups excluding carboxylic acids is 1. The second-order valence-electron chi connectivity index (χ2n) is 5.23. The van der Waals surface area contributed by atoms with Crippen LogP contribution in [0.25, 0.3) is 0 Å². The lowest BCUT2D eigenvalue weighted by Crippen LogP contribution is -2.25. The number of hydrogen-bond donors (Lipinski definition) is 1. The molecule has 2 rings (SSSR count). The van der Waals surface area contributed by atoms with E-state index in [2.05, 4.69) is 10.4 Å². The zero-order valence-electron chi connectivity index (χ0n) is 13.8. The SMILES string of the molecule is COCCOc1ccc(CNC(=O)c2cn(C)nc2C(F)(F)F)cc1. The number of amides is 1. The van der Waals surface area contributed by atoms with Crippen molar-refractivity contribution >= 4 is 5.91 Å². The molecular formula is C16H18F3N3O3. The standard InChI is InChI=1S/C16H18F3N3O3/c1-22-10-13(14(21-22)16(17,18)19)15(23)20-9-11-3-5-12(6-4-11)25-8-7-24-2/h3-6,10H,7-9H2,1-2H3,(H,20,23). The van der Waals surface area contributed by atoms with Crippen LogP contribution in [-0.2, 0) is 24.5 Å². The van der Waals surface area contributed by atoms with Gasteiger partial charge in [-0.3, -0.25) is 9.48 Å². The molecule has 0 unspecified atom stereocenters. The largest absolute Gasteiger partial charge is 0.491 e. The van der Waals surface area contributed by atoms with E-state index in [1.807, 2.05) is 0 Å². The number of carbonyl (C=O) groups is 1. The number of hydrogen-bond acceptors (Lipinski definition) is 4. The molecule has 9 heteroatoms. The minimum Gasteiger partial charge on any atom is -0.491 e. The van der Waals surface area contributed by atoms with E-state index in [1.54, 1.807) is 31.4 Å². The Morgan fingerprint density at radius 1 is 1.24 bits per heavy atom. The van der Waals surface area contributed by atoms with Crippen molar-refractivity contribution in [3.05, 3.63) is 47.3 Å². The molecule has 0 spiro atoms. The highest BCUT2D eigenvalue weighted by Crippen LogP contribution is 2.30. The molecule has 0 aliphatic carbocycles. The molecule has 1 aromatic heterocycles. The monoisotopic (exact) mass is 357 g/mol. The van der Waals surface area contributed by atoms with E-state index in [4.69, 9.17) is 9.47 Å². The van der Waals surface area contributed by atoms with Crippen molar-refractivity contribution in [2.24, 2.45) is 7.05 Å². The molecular weight excluding hydrogens is 339 g/mol. The number of rotatable bonds is 7. The maximum Gasteiger partial charge on any atom is 0.435 e. The highest BCUT2D eigenvalue weighted by atomic mass is 19.4. The molecule has 0 aliphatic rings. The Hall–Kier alpha value is -2.55. The summed E-state index contributed by atoms with van der Waals surface area (Å²) in [7, 11) is 2.90. The van der Waals surface area contributed by atoms with Crippen molar-refractivity contribution in [3.63, 3.8) is 0 Å². The number of halogens is 3. The van der Waals surface area contributed by atoms with Crippen LogP contribution < -0.4 is 10.1 Å². The molecule has 0 bridgehead atoms. The van der Waals surface area contributed by atoms with Crippen molar-refractivity contribution in [1.29, 1.82) is 0 Å². The lowest BCUT2D eigenvalue weighted by atomic mass is 10.2. The van der Waals surface area contributed by atoms with E-state index in [-0.39, 0.29) is 6.54 Å². The first-order chi connectivity index (χ1) is 11.8. The van der Waals surface area contributed by atoms with Crippen LogP contribution in [0.3, 0.4) is 0 Å². The number of aromatic nitrogens is 2. The first-order valence-corrected chi connectivity index (χ1v) is 7.41. The fourth-order valence-electron chi connectivity index (χ4n) is 2.09. The number of aryl methyl sites for hydroxylation is 1. The molecule has 1 amide bonds. The van der Waals surface area contributed by atoms with Gasteiger partial charge >= 0.3 is 6.18 Å². The molecule has 0 fully saturated rings. The maximum absolute atomic E-state index is 12.9. The summed E-state index contributed by atoms with van der Waals surface area (Å²) in [5, 5.41) is 5.77. The molecule has 0 saturated heterocycles. The van der Waals surface area contributed by atoms with Crippen molar-refractivity contribution in [1.82, 2.24) is 15.1 Å². The zero-order valence-corrected chi connectivity index (χ0v) is 13.8. The normalized spacial score (nSPS) is 11.4. The van der Waals surface area contributed by atoms with Crippen LogP contribution in [0, 0.1) is 0 Å². The summed E-state index contributed by atoms with van der Waals surface area (Å²) in [6.45, 7) is 0.960.